The highest BCUT2D eigenvalue weighted by Gasteiger charge is 2.15. The zero-order valence-corrected chi connectivity index (χ0v) is 18.5. The first-order valence-electron chi connectivity index (χ1n) is 9.68. The Morgan fingerprint density at radius 3 is 2.33 bits per heavy atom. The summed E-state index contributed by atoms with van der Waals surface area (Å²) in [6.45, 7) is 4.58. The minimum absolute atomic E-state index is 0.507. The number of fused-ring (bicyclic) bond motifs is 1. The van der Waals surface area contributed by atoms with Gasteiger partial charge in [0.1, 0.15) is 11.5 Å². The van der Waals surface area contributed by atoms with E-state index < -0.39 is 0 Å². The quantitative estimate of drug-likeness (QED) is 0.322. The highest BCUT2D eigenvalue weighted by molar-refractivity contribution is 6.39. The predicted octanol–water partition coefficient (Wildman–Crippen LogP) is 7.59. The van der Waals surface area contributed by atoms with Crippen molar-refractivity contribution in [1.82, 2.24) is 4.98 Å². The number of aromatic nitrogens is 1. The molecule has 3 aromatic carbocycles. The van der Waals surface area contributed by atoms with Crippen LogP contribution < -0.4 is 9.47 Å². The minimum atomic E-state index is 0.507. The molecule has 0 atom stereocenters. The smallest absolute Gasteiger partial charge is 0.139 e. The van der Waals surface area contributed by atoms with E-state index in [1.165, 1.54) is 0 Å². The van der Waals surface area contributed by atoms with Gasteiger partial charge in [0.2, 0.25) is 0 Å². The second kappa shape index (κ2) is 8.55. The summed E-state index contributed by atoms with van der Waals surface area (Å²) in [7, 11) is 1.58. The van der Waals surface area contributed by atoms with Gasteiger partial charge in [-0.25, -0.2) is 0 Å². The number of halogens is 2. The van der Waals surface area contributed by atoms with Gasteiger partial charge >= 0.3 is 0 Å². The van der Waals surface area contributed by atoms with Gasteiger partial charge in [0, 0.05) is 22.7 Å². The topological polar surface area (TPSA) is 31.4 Å². The molecule has 0 radical (unpaired) electrons. The molecule has 30 heavy (non-hydrogen) atoms. The molecule has 5 heteroatoms. The molecule has 0 unspecified atom stereocenters. The Balaban J connectivity index is 1.76. The third kappa shape index (κ3) is 3.83. The number of benzene rings is 3. The molecular formula is C25H21Cl2NO2. The summed E-state index contributed by atoms with van der Waals surface area (Å²) in [5.74, 6) is 1.45. The molecule has 0 aliphatic heterocycles. The fraction of sp³-hybridized carbons (Fsp3) is 0.160. The molecule has 1 aromatic heterocycles. The van der Waals surface area contributed by atoms with Gasteiger partial charge in [0.05, 0.1) is 29.3 Å². The maximum Gasteiger partial charge on any atom is 0.139 e. The average molecular weight is 438 g/mol. The first-order chi connectivity index (χ1) is 14.5. The molecule has 0 bridgehead atoms. The lowest BCUT2D eigenvalue weighted by Gasteiger charge is -2.14. The van der Waals surface area contributed by atoms with Gasteiger partial charge in [-0.15, -0.1) is 0 Å². The van der Waals surface area contributed by atoms with Crippen LogP contribution in [0.2, 0.25) is 10.0 Å². The number of aryl methyl sites for hydroxylation is 1. The van der Waals surface area contributed by atoms with Crippen LogP contribution in [-0.2, 0) is 0 Å². The fourth-order valence-electron chi connectivity index (χ4n) is 3.59. The first kappa shape index (κ1) is 20.5. The summed E-state index contributed by atoms with van der Waals surface area (Å²) < 4.78 is 10.9. The number of methoxy groups -OCH3 is 1. The van der Waals surface area contributed by atoms with Crippen LogP contribution in [0.25, 0.3) is 33.2 Å². The Morgan fingerprint density at radius 2 is 1.63 bits per heavy atom. The van der Waals surface area contributed by atoms with Gasteiger partial charge in [-0.1, -0.05) is 59.6 Å². The van der Waals surface area contributed by atoms with Crippen molar-refractivity contribution >= 4 is 34.1 Å². The maximum absolute atomic E-state index is 6.81. The van der Waals surface area contributed by atoms with Gasteiger partial charge in [0.15, 0.2) is 0 Å². The van der Waals surface area contributed by atoms with E-state index in [0.717, 1.165) is 44.6 Å². The molecule has 1 heterocycles. The largest absolute Gasteiger partial charge is 0.495 e. The van der Waals surface area contributed by atoms with Crippen LogP contribution in [0.5, 0.6) is 11.5 Å². The van der Waals surface area contributed by atoms with Crippen molar-refractivity contribution in [3.05, 3.63) is 76.4 Å². The Hall–Kier alpha value is -2.75. The zero-order chi connectivity index (χ0) is 21.3. The van der Waals surface area contributed by atoms with Crippen LogP contribution in [0.4, 0.5) is 0 Å². The lowest BCUT2D eigenvalue weighted by molar-refractivity contribution is 0.340. The molecule has 0 aliphatic rings. The molecule has 0 amide bonds. The van der Waals surface area contributed by atoms with Crippen molar-refractivity contribution in [2.24, 2.45) is 0 Å². The Labute approximate surface area is 186 Å². The molecule has 4 rings (SSSR count). The number of pyridine rings is 1. The lowest BCUT2D eigenvalue weighted by Crippen LogP contribution is -1.94. The zero-order valence-electron chi connectivity index (χ0n) is 17.0. The molecule has 0 fully saturated rings. The number of ether oxygens (including phenoxy) is 2. The molecule has 4 aromatic rings. The SMILES string of the molecule is CCOc1cccc(-c2ccc(-c3c(C)nc4cc(OC)c(Cl)cc4c3Cl)cc2)c1. The van der Waals surface area contributed by atoms with E-state index in [4.69, 9.17) is 37.7 Å². The van der Waals surface area contributed by atoms with Gasteiger partial charge in [-0.2, -0.15) is 0 Å². The number of hydrogen-bond acceptors (Lipinski definition) is 3. The van der Waals surface area contributed by atoms with Crippen LogP contribution >= 0.6 is 23.2 Å². The summed E-state index contributed by atoms with van der Waals surface area (Å²) >= 11 is 13.1. The molecule has 0 spiro atoms. The second-order valence-electron chi connectivity index (χ2n) is 6.93. The van der Waals surface area contributed by atoms with Gasteiger partial charge in [0.25, 0.3) is 0 Å². The van der Waals surface area contributed by atoms with Gasteiger partial charge in [-0.05, 0) is 48.7 Å². The van der Waals surface area contributed by atoms with E-state index in [-0.39, 0.29) is 0 Å². The average Bonchev–Trinajstić information content (AvgIpc) is 2.75. The first-order valence-corrected chi connectivity index (χ1v) is 10.4. The van der Waals surface area contributed by atoms with E-state index in [9.17, 15) is 0 Å². The van der Waals surface area contributed by atoms with Crippen LogP contribution in [-0.4, -0.2) is 18.7 Å². The normalized spacial score (nSPS) is 11.0. The summed E-state index contributed by atoms with van der Waals surface area (Å²) in [5, 5.41) is 1.94. The Kier molecular flexibility index (Phi) is 5.85. The third-order valence-corrected chi connectivity index (χ3v) is 5.72. The molecular weight excluding hydrogens is 417 g/mol. The standard InChI is InChI=1S/C25H21Cl2NO2/c1-4-30-19-7-5-6-18(12-19)16-8-10-17(11-9-16)24-15(2)28-22-14-23(29-3)21(26)13-20(22)25(24)27/h5-14H,4H2,1-3H3. The highest BCUT2D eigenvalue weighted by Crippen LogP contribution is 2.39. The van der Waals surface area contributed by atoms with Crippen LogP contribution in [0.15, 0.2) is 60.7 Å². The van der Waals surface area contributed by atoms with Crippen molar-refractivity contribution in [3.8, 4) is 33.8 Å². The Morgan fingerprint density at radius 1 is 0.900 bits per heavy atom. The molecule has 152 valence electrons. The van der Waals surface area contributed by atoms with Crippen LogP contribution in [0.1, 0.15) is 12.6 Å². The maximum atomic E-state index is 6.81. The van der Waals surface area contributed by atoms with Crippen LogP contribution in [0, 0.1) is 6.92 Å². The molecule has 0 N–H and O–H groups in total. The van der Waals surface area contributed by atoms with Crippen LogP contribution in [0.3, 0.4) is 0 Å². The van der Waals surface area contributed by atoms with Crippen molar-refractivity contribution in [3.63, 3.8) is 0 Å². The number of nitrogens with zero attached hydrogens (tertiary/aromatic N) is 1. The van der Waals surface area contributed by atoms with E-state index >= 15 is 0 Å². The highest BCUT2D eigenvalue weighted by atomic mass is 35.5. The molecule has 3 nitrogen and oxygen atoms in total. The van der Waals surface area contributed by atoms with Crippen molar-refractivity contribution in [1.29, 1.82) is 0 Å². The lowest BCUT2D eigenvalue weighted by atomic mass is 9.98. The third-order valence-electron chi connectivity index (χ3n) is 5.03. The number of hydrogen-bond donors (Lipinski definition) is 0. The second-order valence-corrected chi connectivity index (χ2v) is 7.71. The van der Waals surface area contributed by atoms with E-state index in [1.54, 1.807) is 7.11 Å². The molecule has 0 saturated heterocycles. The monoisotopic (exact) mass is 437 g/mol. The van der Waals surface area contributed by atoms with E-state index in [0.29, 0.717) is 22.4 Å². The van der Waals surface area contributed by atoms with Crippen molar-refractivity contribution in [2.75, 3.05) is 13.7 Å². The summed E-state index contributed by atoms with van der Waals surface area (Å²) in [5.41, 5.74) is 5.72. The summed E-state index contributed by atoms with van der Waals surface area (Å²) in [4.78, 5) is 4.74. The van der Waals surface area contributed by atoms with E-state index in [1.807, 2.05) is 44.2 Å². The summed E-state index contributed by atoms with van der Waals surface area (Å²) in [6, 6.07) is 20.0. The van der Waals surface area contributed by atoms with Crippen molar-refractivity contribution < 1.29 is 9.47 Å². The summed E-state index contributed by atoms with van der Waals surface area (Å²) in [6.07, 6.45) is 0. The van der Waals surface area contributed by atoms with Gasteiger partial charge in [-0.3, -0.25) is 4.98 Å². The molecule has 0 saturated carbocycles. The minimum Gasteiger partial charge on any atom is -0.495 e. The van der Waals surface area contributed by atoms with Crippen molar-refractivity contribution in [2.45, 2.75) is 13.8 Å². The van der Waals surface area contributed by atoms with Gasteiger partial charge < -0.3 is 9.47 Å². The molecule has 0 aliphatic carbocycles. The predicted molar refractivity (Wildman–Crippen MR) is 125 cm³/mol. The number of rotatable bonds is 5. The fourth-order valence-corrected chi connectivity index (χ4v) is 4.23. The Bertz CT molecular complexity index is 1220. The van der Waals surface area contributed by atoms with E-state index in [2.05, 4.69) is 30.3 Å².